The summed E-state index contributed by atoms with van der Waals surface area (Å²) < 4.78 is 14.5. The SMILES string of the molecule is Cc1cc(C)cc(Nc2nc(NC3CCCCC3N)c(F)cc2C(N)=O)c1. The van der Waals surface area contributed by atoms with Gasteiger partial charge in [-0.2, -0.15) is 0 Å². The summed E-state index contributed by atoms with van der Waals surface area (Å²) in [5.41, 5.74) is 14.5. The van der Waals surface area contributed by atoms with Crippen LogP contribution in [0.5, 0.6) is 0 Å². The smallest absolute Gasteiger partial charge is 0.252 e. The van der Waals surface area contributed by atoms with E-state index in [1.54, 1.807) is 0 Å². The van der Waals surface area contributed by atoms with Crippen LogP contribution in [0, 0.1) is 19.7 Å². The van der Waals surface area contributed by atoms with Gasteiger partial charge in [0.05, 0.1) is 5.56 Å². The maximum atomic E-state index is 14.5. The number of hydrogen-bond acceptors (Lipinski definition) is 5. The van der Waals surface area contributed by atoms with E-state index < -0.39 is 11.7 Å². The second-order valence-corrected chi connectivity index (χ2v) is 7.28. The van der Waals surface area contributed by atoms with Crippen LogP contribution in [-0.4, -0.2) is 23.0 Å². The predicted octanol–water partition coefficient (Wildman–Crippen LogP) is 3.36. The van der Waals surface area contributed by atoms with Gasteiger partial charge in [-0.1, -0.05) is 18.9 Å². The standard InChI is InChI=1S/C20H26FN5O/c1-11-7-12(2)9-13(8-11)24-19-14(18(23)27)10-15(21)20(26-19)25-17-6-4-3-5-16(17)22/h7-10,16-17H,3-6,22H2,1-2H3,(H2,23,27)(H2,24,25,26). The number of nitrogens with two attached hydrogens (primary N) is 2. The fourth-order valence-corrected chi connectivity index (χ4v) is 3.57. The zero-order valence-electron chi connectivity index (χ0n) is 15.7. The molecular weight excluding hydrogens is 345 g/mol. The van der Waals surface area contributed by atoms with Crippen LogP contribution < -0.4 is 22.1 Å². The molecule has 3 rings (SSSR count). The largest absolute Gasteiger partial charge is 0.365 e. The van der Waals surface area contributed by atoms with E-state index in [0.29, 0.717) is 0 Å². The number of amides is 1. The lowest BCUT2D eigenvalue weighted by atomic mass is 9.91. The number of aromatic nitrogens is 1. The third kappa shape index (κ3) is 4.54. The van der Waals surface area contributed by atoms with Crippen LogP contribution in [-0.2, 0) is 0 Å². The lowest BCUT2D eigenvalue weighted by Crippen LogP contribution is -2.43. The van der Waals surface area contributed by atoms with Crippen LogP contribution in [0.15, 0.2) is 24.3 Å². The number of halogens is 1. The molecule has 2 atom stereocenters. The Bertz CT molecular complexity index is 834. The van der Waals surface area contributed by atoms with Crippen molar-refractivity contribution in [1.82, 2.24) is 4.98 Å². The Hall–Kier alpha value is -2.67. The van der Waals surface area contributed by atoms with Gasteiger partial charge >= 0.3 is 0 Å². The average Bonchev–Trinajstić information content (AvgIpc) is 2.58. The van der Waals surface area contributed by atoms with Crippen molar-refractivity contribution in [2.75, 3.05) is 10.6 Å². The monoisotopic (exact) mass is 371 g/mol. The minimum atomic E-state index is -0.741. The van der Waals surface area contributed by atoms with E-state index >= 15 is 0 Å². The van der Waals surface area contributed by atoms with Crippen molar-refractivity contribution in [2.45, 2.75) is 51.6 Å². The van der Waals surface area contributed by atoms with Gasteiger partial charge in [0.25, 0.3) is 5.91 Å². The molecule has 2 unspecified atom stereocenters. The summed E-state index contributed by atoms with van der Waals surface area (Å²) in [6.45, 7) is 3.95. The summed E-state index contributed by atoms with van der Waals surface area (Å²) in [5.74, 6) is -1.06. The molecule has 2 aromatic rings. The summed E-state index contributed by atoms with van der Waals surface area (Å²) in [6, 6.07) is 6.91. The first-order valence-electron chi connectivity index (χ1n) is 9.21. The number of carbonyl (C=O) groups excluding carboxylic acids is 1. The molecule has 0 radical (unpaired) electrons. The van der Waals surface area contributed by atoms with Crippen LogP contribution in [0.4, 0.5) is 21.7 Å². The number of aryl methyl sites for hydroxylation is 2. The van der Waals surface area contributed by atoms with E-state index in [9.17, 15) is 9.18 Å². The second-order valence-electron chi connectivity index (χ2n) is 7.28. The number of rotatable bonds is 5. The topological polar surface area (TPSA) is 106 Å². The van der Waals surface area contributed by atoms with Crippen molar-refractivity contribution < 1.29 is 9.18 Å². The Morgan fingerprint density at radius 3 is 2.41 bits per heavy atom. The Morgan fingerprint density at radius 1 is 1.11 bits per heavy atom. The molecule has 1 aromatic carbocycles. The zero-order chi connectivity index (χ0) is 19.6. The number of carbonyl (C=O) groups is 1. The van der Waals surface area contributed by atoms with Gasteiger partial charge in [-0.25, -0.2) is 9.37 Å². The summed E-state index contributed by atoms with van der Waals surface area (Å²) in [6.07, 6.45) is 3.88. The quantitative estimate of drug-likeness (QED) is 0.645. The molecule has 1 aliphatic rings. The Morgan fingerprint density at radius 2 is 1.78 bits per heavy atom. The van der Waals surface area contributed by atoms with Gasteiger partial charge in [-0.15, -0.1) is 0 Å². The van der Waals surface area contributed by atoms with Crippen LogP contribution in [0.25, 0.3) is 0 Å². The molecule has 0 bridgehead atoms. The highest BCUT2D eigenvalue weighted by molar-refractivity contribution is 5.98. The molecule has 1 aliphatic carbocycles. The lowest BCUT2D eigenvalue weighted by Gasteiger charge is -2.30. The zero-order valence-corrected chi connectivity index (χ0v) is 15.7. The predicted molar refractivity (Wildman–Crippen MR) is 106 cm³/mol. The Balaban J connectivity index is 1.94. The average molecular weight is 371 g/mol. The third-order valence-corrected chi connectivity index (χ3v) is 4.87. The molecule has 1 fully saturated rings. The van der Waals surface area contributed by atoms with Crippen LogP contribution in [0.1, 0.15) is 47.2 Å². The fraction of sp³-hybridized carbons (Fsp3) is 0.400. The molecule has 1 saturated carbocycles. The maximum absolute atomic E-state index is 14.5. The van der Waals surface area contributed by atoms with Gasteiger partial charge in [-0.3, -0.25) is 4.79 Å². The van der Waals surface area contributed by atoms with Gasteiger partial charge in [-0.05, 0) is 56.0 Å². The Kier molecular flexibility index (Phi) is 5.60. The van der Waals surface area contributed by atoms with Crippen molar-refractivity contribution in [3.8, 4) is 0 Å². The van der Waals surface area contributed by atoms with E-state index in [1.165, 1.54) is 0 Å². The molecule has 27 heavy (non-hydrogen) atoms. The van der Waals surface area contributed by atoms with Crippen molar-refractivity contribution in [3.05, 3.63) is 46.8 Å². The number of nitrogens with zero attached hydrogens (tertiary/aromatic N) is 1. The van der Waals surface area contributed by atoms with Crippen LogP contribution >= 0.6 is 0 Å². The second kappa shape index (κ2) is 7.92. The highest BCUT2D eigenvalue weighted by Gasteiger charge is 2.24. The number of benzene rings is 1. The summed E-state index contributed by atoms with van der Waals surface area (Å²) in [4.78, 5) is 16.1. The number of pyridine rings is 1. The molecule has 6 N–H and O–H groups in total. The van der Waals surface area contributed by atoms with Gasteiger partial charge in [0.15, 0.2) is 11.6 Å². The number of anilines is 3. The lowest BCUT2D eigenvalue weighted by molar-refractivity contribution is 0.100. The van der Waals surface area contributed by atoms with Crippen molar-refractivity contribution >= 4 is 23.2 Å². The van der Waals surface area contributed by atoms with Gasteiger partial charge in [0, 0.05) is 17.8 Å². The van der Waals surface area contributed by atoms with E-state index in [4.69, 9.17) is 11.5 Å². The van der Waals surface area contributed by atoms with Gasteiger partial charge < -0.3 is 22.1 Å². The van der Waals surface area contributed by atoms with Gasteiger partial charge in [0.1, 0.15) is 5.82 Å². The molecular formula is C20H26FN5O. The first-order chi connectivity index (χ1) is 12.8. The molecule has 1 aromatic heterocycles. The van der Waals surface area contributed by atoms with Gasteiger partial charge in [0.2, 0.25) is 0 Å². The van der Waals surface area contributed by atoms with E-state index in [2.05, 4.69) is 15.6 Å². The minimum absolute atomic E-state index is 0.00477. The minimum Gasteiger partial charge on any atom is -0.365 e. The van der Waals surface area contributed by atoms with Crippen LogP contribution in [0.3, 0.4) is 0 Å². The summed E-state index contributed by atoms with van der Waals surface area (Å²) in [5, 5.41) is 6.21. The Labute approximate surface area is 158 Å². The number of nitrogens with one attached hydrogen (secondary N) is 2. The number of primary amides is 1. The number of hydrogen-bond donors (Lipinski definition) is 4. The molecule has 0 aliphatic heterocycles. The van der Waals surface area contributed by atoms with Crippen molar-refractivity contribution in [1.29, 1.82) is 0 Å². The highest BCUT2D eigenvalue weighted by Crippen LogP contribution is 2.27. The summed E-state index contributed by atoms with van der Waals surface area (Å²) in [7, 11) is 0. The molecule has 144 valence electrons. The molecule has 1 amide bonds. The molecule has 0 spiro atoms. The van der Waals surface area contributed by atoms with Crippen LogP contribution in [0.2, 0.25) is 0 Å². The maximum Gasteiger partial charge on any atom is 0.252 e. The molecule has 7 heteroatoms. The van der Waals surface area contributed by atoms with E-state index in [1.807, 2.05) is 32.0 Å². The molecule has 6 nitrogen and oxygen atoms in total. The van der Waals surface area contributed by atoms with Crippen molar-refractivity contribution in [2.24, 2.45) is 11.5 Å². The van der Waals surface area contributed by atoms with E-state index in [-0.39, 0.29) is 29.3 Å². The fourth-order valence-electron chi connectivity index (χ4n) is 3.57. The summed E-state index contributed by atoms with van der Waals surface area (Å²) >= 11 is 0. The highest BCUT2D eigenvalue weighted by atomic mass is 19.1. The first-order valence-corrected chi connectivity index (χ1v) is 9.21. The third-order valence-electron chi connectivity index (χ3n) is 4.87. The molecule has 0 saturated heterocycles. The first kappa shape index (κ1) is 19.1. The normalized spacial score (nSPS) is 19.6. The molecule has 1 heterocycles. The van der Waals surface area contributed by atoms with E-state index in [0.717, 1.165) is 48.6 Å². The van der Waals surface area contributed by atoms with Crippen molar-refractivity contribution in [3.63, 3.8) is 0 Å².